The first-order valence-corrected chi connectivity index (χ1v) is 8.31. The summed E-state index contributed by atoms with van der Waals surface area (Å²) in [6, 6.07) is 0. The molecule has 0 aliphatic rings. The summed E-state index contributed by atoms with van der Waals surface area (Å²) in [6.45, 7) is 11.8. The molecule has 0 rings (SSSR count). The fourth-order valence-electron chi connectivity index (χ4n) is 1.95. The van der Waals surface area contributed by atoms with Crippen molar-refractivity contribution >= 4 is 11.9 Å². The van der Waals surface area contributed by atoms with Crippen molar-refractivity contribution < 1.29 is 29.3 Å². The molecule has 0 radical (unpaired) electrons. The molecule has 0 spiro atoms. The lowest BCUT2D eigenvalue weighted by Gasteiger charge is -2.30. The largest absolute Gasteiger partial charge is 0.449 e. The highest BCUT2D eigenvalue weighted by Gasteiger charge is 2.42. The van der Waals surface area contributed by atoms with Gasteiger partial charge in [0.05, 0.1) is 0 Å². The van der Waals surface area contributed by atoms with Crippen molar-refractivity contribution in [2.45, 2.75) is 77.8 Å². The van der Waals surface area contributed by atoms with Crippen LogP contribution in [-0.4, -0.2) is 34.2 Å². The maximum Gasteiger partial charge on any atom is 0.363 e. The third-order valence-electron chi connectivity index (χ3n) is 3.43. The number of rotatable bonds is 12. The number of ether oxygens (including phenoxy) is 2. The summed E-state index contributed by atoms with van der Waals surface area (Å²) in [5, 5.41) is 20.1. The quantitative estimate of drug-likeness (QED) is 0.245. The number of carbonyl (C=O) groups excluding carboxylic acids is 2. The minimum Gasteiger partial charge on any atom is -0.449 e. The highest BCUT2D eigenvalue weighted by atomic mass is 16.8. The van der Waals surface area contributed by atoms with Gasteiger partial charge in [0.25, 0.3) is 0 Å². The van der Waals surface area contributed by atoms with E-state index in [9.17, 15) is 19.8 Å². The van der Waals surface area contributed by atoms with E-state index in [2.05, 4.69) is 24.8 Å². The summed E-state index contributed by atoms with van der Waals surface area (Å²) < 4.78 is 9.64. The lowest BCUT2D eigenvalue weighted by atomic mass is 10.1. The van der Waals surface area contributed by atoms with E-state index in [4.69, 9.17) is 4.74 Å². The van der Waals surface area contributed by atoms with Gasteiger partial charge in [0.15, 0.2) is 6.10 Å². The average molecular weight is 342 g/mol. The van der Waals surface area contributed by atoms with Crippen LogP contribution in [0.3, 0.4) is 0 Å². The monoisotopic (exact) mass is 342 g/mol. The van der Waals surface area contributed by atoms with Crippen molar-refractivity contribution in [1.82, 2.24) is 0 Å². The Bertz CT molecular complexity index is 452. The molecule has 0 saturated heterocycles. The molecule has 0 aliphatic carbocycles. The second-order valence-electron chi connectivity index (χ2n) is 6.06. The maximum atomic E-state index is 11.7. The first-order valence-electron chi connectivity index (χ1n) is 8.31. The number of carbonyl (C=O) groups is 2. The Kier molecular flexibility index (Phi) is 10.2. The first kappa shape index (κ1) is 22.3. The van der Waals surface area contributed by atoms with E-state index in [-0.39, 0.29) is 17.6 Å². The molecule has 24 heavy (non-hydrogen) atoms. The SMILES string of the molecule is C=C(C)C(=O)OC(CCCCCCCC)C(O)(O)OC(=O)C(=C)C. The fraction of sp³-hybridized carbons (Fsp3) is 0.667. The zero-order chi connectivity index (χ0) is 18.8. The van der Waals surface area contributed by atoms with E-state index < -0.39 is 24.0 Å². The van der Waals surface area contributed by atoms with Gasteiger partial charge in [0.1, 0.15) is 0 Å². The Morgan fingerprint density at radius 1 is 0.958 bits per heavy atom. The molecule has 138 valence electrons. The smallest absolute Gasteiger partial charge is 0.363 e. The van der Waals surface area contributed by atoms with Crippen LogP contribution >= 0.6 is 0 Å². The number of esters is 2. The van der Waals surface area contributed by atoms with Gasteiger partial charge in [0.2, 0.25) is 0 Å². The summed E-state index contributed by atoms with van der Waals surface area (Å²) in [6.07, 6.45) is 4.60. The lowest BCUT2D eigenvalue weighted by Crippen LogP contribution is -2.48. The predicted octanol–water partition coefficient (Wildman–Crippen LogP) is 2.98. The van der Waals surface area contributed by atoms with Crippen molar-refractivity contribution in [2.75, 3.05) is 0 Å². The van der Waals surface area contributed by atoms with E-state index in [1.807, 2.05) is 0 Å². The van der Waals surface area contributed by atoms with Gasteiger partial charge in [-0.05, 0) is 26.7 Å². The topological polar surface area (TPSA) is 93.1 Å². The van der Waals surface area contributed by atoms with E-state index in [0.717, 1.165) is 32.1 Å². The lowest BCUT2D eigenvalue weighted by molar-refractivity contribution is -0.358. The van der Waals surface area contributed by atoms with Crippen molar-refractivity contribution in [3.05, 3.63) is 24.3 Å². The Balaban J connectivity index is 4.77. The van der Waals surface area contributed by atoms with Crippen LogP contribution in [0, 0.1) is 0 Å². The molecule has 6 nitrogen and oxygen atoms in total. The number of hydrogen-bond donors (Lipinski definition) is 2. The van der Waals surface area contributed by atoms with Crippen molar-refractivity contribution in [1.29, 1.82) is 0 Å². The fourth-order valence-corrected chi connectivity index (χ4v) is 1.95. The molecular formula is C18H30O6. The number of unbranched alkanes of at least 4 members (excludes halogenated alkanes) is 5. The molecule has 1 unspecified atom stereocenters. The van der Waals surface area contributed by atoms with E-state index in [1.165, 1.54) is 13.8 Å². The van der Waals surface area contributed by atoms with Crippen molar-refractivity contribution in [3.63, 3.8) is 0 Å². The van der Waals surface area contributed by atoms with Gasteiger partial charge in [-0.1, -0.05) is 52.2 Å². The molecule has 0 fully saturated rings. The molecule has 0 aromatic rings. The van der Waals surface area contributed by atoms with Crippen LogP contribution in [0.4, 0.5) is 0 Å². The first-order chi connectivity index (χ1) is 11.1. The van der Waals surface area contributed by atoms with E-state index in [1.54, 1.807) is 0 Å². The van der Waals surface area contributed by atoms with E-state index in [0.29, 0.717) is 6.42 Å². The van der Waals surface area contributed by atoms with Crippen molar-refractivity contribution in [3.8, 4) is 0 Å². The Morgan fingerprint density at radius 2 is 1.46 bits per heavy atom. The van der Waals surface area contributed by atoms with Gasteiger partial charge in [-0.15, -0.1) is 0 Å². The molecule has 0 aliphatic heterocycles. The second kappa shape index (κ2) is 11.0. The van der Waals surface area contributed by atoms with Gasteiger partial charge < -0.3 is 19.7 Å². The molecule has 0 aromatic carbocycles. The van der Waals surface area contributed by atoms with Gasteiger partial charge >= 0.3 is 17.9 Å². The van der Waals surface area contributed by atoms with Gasteiger partial charge in [0, 0.05) is 11.1 Å². The zero-order valence-corrected chi connectivity index (χ0v) is 15.0. The molecule has 0 saturated carbocycles. The summed E-state index contributed by atoms with van der Waals surface area (Å²) >= 11 is 0. The summed E-state index contributed by atoms with van der Waals surface area (Å²) in [7, 11) is 0. The van der Waals surface area contributed by atoms with Gasteiger partial charge in [-0.3, -0.25) is 0 Å². The number of hydrogen-bond acceptors (Lipinski definition) is 6. The summed E-state index contributed by atoms with van der Waals surface area (Å²) in [4.78, 5) is 23.2. The van der Waals surface area contributed by atoms with Crippen LogP contribution in [0.15, 0.2) is 24.3 Å². The van der Waals surface area contributed by atoms with Gasteiger partial charge in [-0.2, -0.15) is 0 Å². The average Bonchev–Trinajstić information content (AvgIpc) is 2.48. The minimum absolute atomic E-state index is 0.00650. The molecule has 0 bridgehead atoms. The maximum absolute atomic E-state index is 11.7. The third-order valence-corrected chi connectivity index (χ3v) is 3.43. The van der Waals surface area contributed by atoms with Crippen LogP contribution in [0.5, 0.6) is 0 Å². The molecule has 2 N–H and O–H groups in total. The highest BCUT2D eigenvalue weighted by molar-refractivity contribution is 5.88. The third kappa shape index (κ3) is 8.84. The number of aliphatic hydroxyl groups is 2. The Labute approximate surface area is 144 Å². The van der Waals surface area contributed by atoms with Crippen LogP contribution in [0.2, 0.25) is 0 Å². The molecule has 1 atom stereocenters. The molecule has 0 amide bonds. The molecule has 6 heteroatoms. The molecular weight excluding hydrogens is 312 g/mol. The van der Waals surface area contributed by atoms with E-state index >= 15 is 0 Å². The highest BCUT2D eigenvalue weighted by Crippen LogP contribution is 2.22. The Hall–Kier alpha value is -1.66. The molecule has 0 heterocycles. The van der Waals surface area contributed by atoms with Crippen LogP contribution < -0.4 is 0 Å². The summed E-state index contributed by atoms with van der Waals surface area (Å²) in [5.74, 6) is -4.66. The van der Waals surface area contributed by atoms with Gasteiger partial charge in [-0.25, -0.2) is 9.59 Å². The van der Waals surface area contributed by atoms with Crippen LogP contribution in [0.1, 0.15) is 65.7 Å². The molecule has 0 aromatic heterocycles. The minimum atomic E-state index is -2.91. The summed E-state index contributed by atoms with van der Waals surface area (Å²) in [5.41, 5.74) is 0.122. The van der Waals surface area contributed by atoms with Crippen molar-refractivity contribution in [2.24, 2.45) is 0 Å². The second-order valence-corrected chi connectivity index (χ2v) is 6.06. The standard InChI is InChI=1S/C18H30O6/c1-6-7-8-9-10-11-12-15(23-16(19)13(2)3)18(21,22)24-17(20)14(4)5/h15,21-22H,2,4,6-12H2,1,3,5H3. The Morgan fingerprint density at radius 3 is 1.96 bits per heavy atom. The van der Waals surface area contributed by atoms with Crippen LogP contribution in [-0.2, 0) is 19.1 Å². The van der Waals surface area contributed by atoms with Crippen LogP contribution in [0.25, 0.3) is 0 Å². The predicted molar refractivity (Wildman–Crippen MR) is 90.8 cm³/mol. The normalized spacial score (nSPS) is 12.4. The zero-order valence-electron chi connectivity index (χ0n) is 15.0.